The van der Waals surface area contributed by atoms with E-state index in [1.165, 1.54) is 12.2 Å². The molecule has 6 rings (SSSR count). The number of hydrogen-bond acceptors (Lipinski definition) is 10. The van der Waals surface area contributed by atoms with Gasteiger partial charge in [0.05, 0.1) is 18.3 Å². The molecule has 3 saturated carbocycles. The molecule has 0 amide bonds. The highest BCUT2D eigenvalue weighted by atomic mass is 16.9. The highest BCUT2D eigenvalue weighted by Crippen LogP contribution is 2.72. The van der Waals surface area contributed by atoms with E-state index in [0.717, 1.165) is 12.8 Å². The maximum atomic E-state index is 13.2. The van der Waals surface area contributed by atoms with E-state index in [-0.39, 0.29) is 6.42 Å². The van der Waals surface area contributed by atoms with Gasteiger partial charge in [-0.15, -0.1) is 0 Å². The van der Waals surface area contributed by atoms with Crippen LogP contribution in [0.3, 0.4) is 0 Å². The van der Waals surface area contributed by atoms with Crippen LogP contribution in [0.2, 0.25) is 0 Å². The predicted octanol–water partition coefficient (Wildman–Crippen LogP) is 3.18. The van der Waals surface area contributed by atoms with Crippen LogP contribution >= 0.6 is 0 Å². The fraction of sp³-hybridized carbons (Fsp3) is 0.595. The summed E-state index contributed by atoms with van der Waals surface area (Å²) in [5, 5.41) is 59.7. The minimum Gasteiger partial charge on any atom is -0.456 e. The molecule has 47 heavy (non-hydrogen) atoms. The Hall–Kier alpha value is -2.67. The summed E-state index contributed by atoms with van der Waals surface area (Å²) in [6.07, 6.45) is 6.35. The van der Waals surface area contributed by atoms with Gasteiger partial charge < -0.3 is 44.5 Å². The summed E-state index contributed by atoms with van der Waals surface area (Å²) < 4.78 is 26.4. The predicted molar refractivity (Wildman–Crippen MR) is 171 cm³/mol. The van der Waals surface area contributed by atoms with Crippen molar-refractivity contribution in [3.05, 3.63) is 84.5 Å². The van der Waals surface area contributed by atoms with Crippen LogP contribution in [0.25, 0.3) is 0 Å². The van der Waals surface area contributed by atoms with Crippen LogP contribution in [-0.2, 0) is 29.7 Å². The van der Waals surface area contributed by atoms with Gasteiger partial charge in [-0.3, -0.25) is 0 Å². The van der Waals surface area contributed by atoms with E-state index in [2.05, 4.69) is 13.5 Å². The Balaban J connectivity index is 1.47. The van der Waals surface area contributed by atoms with Gasteiger partial charge in [0.2, 0.25) is 0 Å². The second-order valence-electron chi connectivity index (χ2n) is 14.3. The van der Waals surface area contributed by atoms with Crippen molar-refractivity contribution in [1.82, 2.24) is 0 Å². The Morgan fingerprint density at radius 2 is 1.79 bits per heavy atom. The maximum absolute atomic E-state index is 13.2. The molecular weight excluding hydrogens is 604 g/mol. The number of hydrogen-bond donors (Lipinski definition) is 5. The molecular formula is C37H48O10. The van der Waals surface area contributed by atoms with Crippen molar-refractivity contribution < 1.29 is 49.3 Å². The number of allylic oxidation sites excluding steroid dienone is 5. The molecule has 13 unspecified atom stereocenters. The molecule has 10 heteroatoms. The van der Waals surface area contributed by atoms with Crippen molar-refractivity contribution in [1.29, 1.82) is 0 Å². The van der Waals surface area contributed by atoms with E-state index in [0.29, 0.717) is 17.6 Å². The lowest BCUT2D eigenvalue weighted by Gasteiger charge is -2.60. The molecule has 3 bridgehead atoms. The second kappa shape index (κ2) is 12.0. The zero-order valence-corrected chi connectivity index (χ0v) is 27.5. The van der Waals surface area contributed by atoms with E-state index in [9.17, 15) is 30.3 Å². The van der Waals surface area contributed by atoms with E-state index in [1.54, 1.807) is 31.2 Å². The zero-order valence-electron chi connectivity index (χ0n) is 27.5. The number of aliphatic hydroxyl groups is 5. The molecule has 3 aliphatic carbocycles. The van der Waals surface area contributed by atoms with Gasteiger partial charge in [-0.05, 0) is 43.6 Å². The molecule has 1 aromatic rings. The number of rotatable bonds is 9. The molecule has 0 aromatic heterocycles. The second-order valence-corrected chi connectivity index (χ2v) is 14.3. The van der Waals surface area contributed by atoms with E-state index in [4.69, 9.17) is 18.9 Å². The first-order valence-electron chi connectivity index (χ1n) is 16.7. The summed E-state index contributed by atoms with van der Waals surface area (Å²) >= 11 is 0. The van der Waals surface area contributed by atoms with Gasteiger partial charge in [0.15, 0.2) is 0 Å². The molecule has 2 aliphatic heterocycles. The lowest BCUT2D eigenvalue weighted by atomic mass is 9.53. The van der Waals surface area contributed by atoms with E-state index >= 15 is 0 Å². The van der Waals surface area contributed by atoms with Crippen molar-refractivity contribution in [2.45, 2.75) is 106 Å². The fourth-order valence-corrected chi connectivity index (χ4v) is 9.38. The zero-order chi connectivity index (χ0) is 34.0. The molecule has 5 N–H and O–H groups in total. The SMILES string of the molecule is C=C(C)C12CC(C)C34OC(c5ccccc5)(OC1C3C(O)C(O)(CO)C(O)C1(O)C(OC(=O)C=CC=CC=CCCC)C(C)CC14)O2. The Morgan fingerprint density at radius 3 is 2.45 bits per heavy atom. The van der Waals surface area contributed by atoms with Gasteiger partial charge in [-0.25, -0.2) is 4.79 Å². The van der Waals surface area contributed by atoms with Gasteiger partial charge in [0.1, 0.15) is 35.1 Å². The highest BCUT2D eigenvalue weighted by Gasteiger charge is 2.85. The molecule has 5 aliphatic rings. The minimum absolute atomic E-state index is 0.198. The third kappa shape index (κ3) is 4.71. The average Bonchev–Trinajstić information content (AvgIpc) is 3.42. The Morgan fingerprint density at radius 1 is 1.09 bits per heavy atom. The maximum Gasteiger partial charge on any atom is 0.331 e. The molecule has 2 heterocycles. The third-order valence-corrected chi connectivity index (χ3v) is 11.5. The lowest BCUT2D eigenvalue weighted by Crippen LogP contribution is -2.73. The average molecular weight is 653 g/mol. The first kappa shape index (κ1) is 34.2. The van der Waals surface area contributed by atoms with E-state index in [1.807, 2.05) is 44.2 Å². The third-order valence-electron chi connectivity index (χ3n) is 11.5. The van der Waals surface area contributed by atoms with Crippen LogP contribution in [-0.4, -0.2) is 84.9 Å². The summed E-state index contributed by atoms with van der Waals surface area (Å²) in [7, 11) is 0. The molecule has 1 aromatic carbocycles. The van der Waals surface area contributed by atoms with Crippen molar-refractivity contribution in [3.63, 3.8) is 0 Å². The largest absolute Gasteiger partial charge is 0.456 e. The van der Waals surface area contributed by atoms with Crippen molar-refractivity contribution in [3.8, 4) is 0 Å². The molecule has 256 valence electrons. The standard InChI is InChI=1S/C37H48O10/c1-6-7-8-9-10-11-15-18-27(39)44-30-23(4)19-26-35(30,43)32(41)33(42,21-38)29(40)28-31-34(22(2)3)20-24(5)36(26,28)47-37(45-31,46-34)25-16-13-12-14-17-25/h8-18,23-24,26,28-32,38,40-43H,2,6-7,19-21H2,1,3-5H3. The van der Waals surface area contributed by atoms with Crippen LogP contribution < -0.4 is 0 Å². The summed E-state index contributed by atoms with van der Waals surface area (Å²) in [6, 6.07) is 9.09. The van der Waals surface area contributed by atoms with Crippen molar-refractivity contribution in [2.75, 3.05) is 6.61 Å². The Kier molecular flexibility index (Phi) is 8.76. The van der Waals surface area contributed by atoms with Gasteiger partial charge >= 0.3 is 11.9 Å². The number of esters is 1. The van der Waals surface area contributed by atoms with Crippen LogP contribution in [0.5, 0.6) is 0 Å². The topological polar surface area (TPSA) is 155 Å². The fourth-order valence-electron chi connectivity index (χ4n) is 9.38. The summed E-state index contributed by atoms with van der Waals surface area (Å²) in [5.41, 5.74) is -6.48. The van der Waals surface area contributed by atoms with Gasteiger partial charge in [-0.2, -0.15) is 0 Å². The molecule has 0 spiro atoms. The smallest absolute Gasteiger partial charge is 0.331 e. The van der Waals surface area contributed by atoms with Gasteiger partial charge in [-0.1, -0.05) is 94.5 Å². The lowest BCUT2D eigenvalue weighted by molar-refractivity contribution is -0.446. The number of benzene rings is 1. The van der Waals surface area contributed by atoms with E-state index < -0.39 is 89.0 Å². The summed E-state index contributed by atoms with van der Waals surface area (Å²) in [4.78, 5) is 13.2. The normalized spacial score (nSPS) is 47.0. The van der Waals surface area contributed by atoms with Crippen molar-refractivity contribution in [2.24, 2.45) is 23.7 Å². The number of carbonyl (C=O) groups is 1. The molecule has 10 nitrogen and oxygen atoms in total. The Bertz CT molecular complexity index is 1460. The summed E-state index contributed by atoms with van der Waals surface area (Å²) in [5.74, 6) is -5.60. The number of carbonyl (C=O) groups excluding carboxylic acids is 1. The van der Waals surface area contributed by atoms with Crippen LogP contribution in [0.4, 0.5) is 0 Å². The number of fused-ring (bicyclic) bond motifs is 2. The molecule has 13 atom stereocenters. The highest BCUT2D eigenvalue weighted by molar-refractivity contribution is 5.82. The van der Waals surface area contributed by atoms with Crippen LogP contribution in [0.1, 0.15) is 58.9 Å². The quantitative estimate of drug-likeness (QED) is 0.116. The molecule has 2 saturated heterocycles. The first-order chi connectivity index (χ1) is 22.3. The monoisotopic (exact) mass is 652 g/mol. The minimum atomic E-state index is -2.66. The number of ether oxygens (including phenoxy) is 4. The van der Waals surface area contributed by atoms with Gasteiger partial charge in [0.25, 0.3) is 0 Å². The first-order valence-corrected chi connectivity index (χ1v) is 16.7. The number of unbranched alkanes of at least 4 members (excludes halogenated alkanes) is 1. The van der Waals surface area contributed by atoms with Gasteiger partial charge in [0, 0.05) is 23.5 Å². The Labute approximate surface area is 276 Å². The molecule has 5 fully saturated rings. The summed E-state index contributed by atoms with van der Waals surface area (Å²) in [6.45, 7) is 10.7. The van der Waals surface area contributed by atoms with Crippen molar-refractivity contribution >= 4 is 5.97 Å². The number of aliphatic hydroxyl groups excluding tert-OH is 3. The molecule has 0 radical (unpaired) electrons. The van der Waals surface area contributed by atoms with Crippen LogP contribution in [0.15, 0.2) is 78.9 Å². The van der Waals surface area contributed by atoms with Crippen LogP contribution in [0, 0.1) is 23.7 Å².